The number of amides is 1. The molecule has 160 valence electrons. The highest BCUT2D eigenvalue weighted by Crippen LogP contribution is 2.29. The average molecular weight is 418 g/mol. The Hall–Kier alpha value is -3.41. The fourth-order valence-electron chi connectivity index (χ4n) is 3.95. The number of benzene rings is 2. The number of likely N-dealkylation sites (tertiary alicyclic amines) is 1. The second-order valence-electron chi connectivity index (χ2n) is 7.74. The Morgan fingerprint density at radius 3 is 2.45 bits per heavy atom. The lowest BCUT2D eigenvalue weighted by atomic mass is 9.93. The zero-order valence-corrected chi connectivity index (χ0v) is 18.0. The van der Waals surface area contributed by atoms with E-state index in [1.165, 1.54) is 0 Å². The molecular weight excluding hydrogens is 390 g/mol. The van der Waals surface area contributed by atoms with E-state index in [0.717, 1.165) is 59.9 Å². The summed E-state index contributed by atoms with van der Waals surface area (Å²) in [5.41, 5.74) is 3.82. The number of rotatable bonds is 6. The van der Waals surface area contributed by atoms with Crippen LogP contribution in [0, 0.1) is 0 Å². The quantitative estimate of drug-likeness (QED) is 0.604. The van der Waals surface area contributed by atoms with Gasteiger partial charge in [0.05, 0.1) is 38.2 Å². The van der Waals surface area contributed by atoms with Gasteiger partial charge in [0, 0.05) is 30.8 Å². The molecule has 0 spiro atoms. The first-order chi connectivity index (χ1) is 15.2. The van der Waals surface area contributed by atoms with Crippen molar-refractivity contribution in [1.82, 2.24) is 14.9 Å². The van der Waals surface area contributed by atoms with E-state index in [1.807, 2.05) is 59.6 Å². The molecule has 0 atom stereocenters. The molecule has 1 fully saturated rings. The molecule has 0 unspecified atom stereocenters. The fourth-order valence-corrected chi connectivity index (χ4v) is 3.95. The molecule has 1 aromatic heterocycles. The van der Waals surface area contributed by atoms with Gasteiger partial charge in [0.1, 0.15) is 11.5 Å². The third-order valence-electron chi connectivity index (χ3n) is 5.80. The summed E-state index contributed by atoms with van der Waals surface area (Å²) < 4.78 is 10.5. The summed E-state index contributed by atoms with van der Waals surface area (Å²) in [6.45, 7) is 1.48. The van der Waals surface area contributed by atoms with E-state index in [-0.39, 0.29) is 5.91 Å². The molecule has 3 aromatic rings. The van der Waals surface area contributed by atoms with Crippen molar-refractivity contribution >= 4 is 5.91 Å². The minimum Gasteiger partial charge on any atom is -0.497 e. The topological polar surface area (TPSA) is 64.5 Å². The fraction of sp³-hybridized carbons (Fsp3) is 0.320. The molecule has 6 heteroatoms. The second kappa shape index (κ2) is 9.60. The van der Waals surface area contributed by atoms with E-state index in [2.05, 4.69) is 4.98 Å². The molecule has 2 heterocycles. The van der Waals surface area contributed by atoms with Crippen molar-refractivity contribution in [2.24, 2.45) is 0 Å². The van der Waals surface area contributed by atoms with Crippen molar-refractivity contribution in [2.75, 3.05) is 27.3 Å². The van der Waals surface area contributed by atoms with Crippen molar-refractivity contribution in [3.63, 3.8) is 0 Å². The van der Waals surface area contributed by atoms with Crippen molar-refractivity contribution in [1.29, 1.82) is 0 Å². The Morgan fingerprint density at radius 1 is 1.00 bits per heavy atom. The molecule has 0 bridgehead atoms. The molecule has 2 aromatic carbocycles. The number of nitrogens with zero attached hydrogens (tertiary/aromatic N) is 3. The molecule has 1 amide bonds. The van der Waals surface area contributed by atoms with Gasteiger partial charge in [-0.15, -0.1) is 0 Å². The Balaban J connectivity index is 1.37. The third kappa shape index (κ3) is 5.02. The number of ether oxygens (including phenoxy) is 2. The maximum absolute atomic E-state index is 12.7. The normalized spacial score (nSPS) is 14.3. The third-order valence-corrected chi connectivity index (χ3v) is 5.80. The number of piperidine rings is 1. The van der Waals surface area contributed by atoms with Crippen molar-refractivity contribution in [2.45, 2.75) is 25.2 Å². The number of hydrogen-bond donors (Lipinski definition) is 0. The number of carbonyl (C=O) groups is 1. The molecule has 1 aliphatic rings. The van der Waals surface area contributed by atoms with Crippen molar-refractivity contribution < 1.29 is 14.3 Å². The first kappa shape index (κ1) is 20.8. The Kier molecular flexibility index (Phi) is 6.46. The van der Waals surface area contributed by atoms with Crippen LogP contribution in [0.2, 0.25) is 0 Å². The largest absolute Gasteiger partial charge is 0.497 e. The van der Waals surface area contributed by atoms with E-state index < -0.39 is 0 Å². The Morgan fingerprint density at radius 2 is 1.74 bits per heavy atom. The lowest BCUT2D eigenvalue weighted by molar-refractivity contribution is -0.131. The van der Waals surface area contributed by atoms with Crippen molar-refractivity contribution in [3.05, 3.63) is 72.2 Å². The highest BCUT2D eigenvalue weighted by molar-refractivity contribution is 5.79. The molecule has 31 heavy (non-hydrogen) atoms. The number of methoxy groups -OCH3 is 2. The van der Waals surface area contributed by atoms with E-state index in [1.54, 1.807) is 20.4 Å². The van der Waals surface area contributed by atoms with Crippen LogP contribution in [0.1, 0.15) is 30.0 Å². The highest BCUT2D eigenvalue weighted by Gasteiger charge is 2.25. The van der Waals surface area contributed by atoms with Crippen LogP contribution in [0.25, 0.3) is 11.3 Å². The van der Waals surface area contributed by atoms with E-state index in [4.69, 9.17) is 14.5 Å². The standard InChI is InChI=1S/C25H27N3O3/c1-30-21-8-6-18(7-9-21)14-25(29)28-12-10-19(11-13-28)23-16-26-17-24(27-23)20-4-3-5-22(15-20)31-2/h3-9,15-17,19H,10-14H2,1-2H3. The minimum absolute atomic E-state index is 0.167. The van der Waals surface area contributed by atoms with Crippen molar-refractivity contribution in [3.8, 4) is 22.8 Å². The lowest BCUT2D eigenvalue weighted by Crippen LogP contribution is -2.38. The van der Waals surface area contributed by atoms with Crippen LogP contribution in [-0.4, -0.2) is 48.1 Å². The van der Waals surface area contributed by atoms with Crippen LogP contribution in [0.4, 0.5) is 0 Å². The number of carbonyl (C=O) groups excluding carboxylic acids is 1. The molecule has 0 radical (unpaired) electrons. The molecule has 1 aliphatic heterocycles. The van der Waals surface area contributed by atoms with Gasteiger partial charge in [0.25, 0.3) is 0 Å². The molecule has 6 nitrogen and oxygen atoms in total. The average Bonchev–Trinajstić information content (AvgIpc) is 2.84. The summed E-state index contributed by atoms with van der Waals surface area (Å²) in [4.78, 5) is 24.0. The van der Waals surface area contributed by atoms with Gasteiger partial charge in [0.15, 0.2) is 0 Å². The van der Waals surface area contributed by atoms with Crippen LogP contribution >= 0.6 is 0 Å². The van der Waals surface area contributed by atoms with Gasteiger partial charge in [-0.1, -0.05) is 24.3 Å². The van der Waals surface area contributed by atoms with Gasteiger partial charge in [-0.05, 0) is 42.7 Å². The predicted octanol–water partition coefficient (Wildman–Crippen LogP) is 4.11. The zero-order chi connectivity index (χ0) is 21.6. The van der Waals surface area contributed by atoms with Gasteiger partial charge in [-0.25, -0.2) is 4.98 Å². The molecule has 4 rings (SSSR count). The van der Waals surface area contributed by atoms with Gasteiger partial charge in [-0.2, -0.15) is 0 Å². The SMILES string of the molecule is COc1ccc(CC(=O)N2CCC(c3cncc(-c4cccc(OC)c4)n3)CC2)cc1. The summed E-state index contributed by atoms with van der Waals surface area (Å²) in [6, 6.07) is 15.5. The summed E-state index contributed by atoms with van der Waals surface area (Å²) in [5.74, 6) is 2.07. The van der Waals surface area contributed by atoms with Crippen LogP contribution in [-0.2, 0) is 11.2 Å². The lowest BCUT2D eigenvalue weighted by Gasteiger charge is -2.32. The molecule has 0 aliphatic carbocycles. The van der Waals surface area contributed by atoms with E-state index in [9.17, 15) is 4.79 Å². The first-order valence-corrected chi connectivity index (χ1v) is 10.5. The minimum atomic E-state index is 0.167. The monoisotopic (exact) mass is 417 g/mol. The van der Waals surface area contributed by atoms with Crippen LogP contribution in [0.3, 0.4) is 0 Å². The Bertz CT molecular complexity index is 1030. The van der Waals surface area contributed by atoms with Gasteiger partial charge in [0.2, 0.25) is 5.91 Å². The van der Waals surface area contributed by atoms with Crippen LogP contribution in [0.5, 0.6) is 11.5 Å². The number of aromatic nitrogens is 2. The maximum atomic E-state index is 12.7. The zero-order valence-electron chi connectivity index (χ0n) is 18.0. The van der Waals surface area contributed by atoms with Gasteiger partial charge in [-0.3, -0.25) is 9.78 Å². The summed E-state index contributed by atoms with van der Waals surface area (Å²) in [6.07, 6.45) is 5.84. The first-order valence-electron chi connectivity index (χ1n) is 10.5. The second-order valence-corrected chi connectivity index (χ2v) is 7.74. The van der Waals surface area contributed by atoms with Gasteiger partial charge < -0.3 is 14.4 Å². The highest BCUT2D eigenvalue weighted by atomic mass is 16.5. The maximum Gasteiger partial charge on any atom is 0.226 e. The smallest absolute Gasteiger partial charge is 0.226 e. The summed E-state index contributed by atoms with van der Waals surface area (Å²) in [7, 11) is 3.30. The van der Waals surface area contributed by atoms with Gasteiger partial charge >= 0.3 is 0 Å². The molecule has 1 saturated heterocycles. The molecule has 0 N–H and O–H groups in total. The summed E-state index contributed by atoms with van der Waals surface area (Å²) >= 11 is 0. The molecule has 0 saturated carbocycles. The summed E-state index contributed by atoms with van der Waals surface area (Å²) in [5, 5.41) is 0. The van der Waals surface area contributed by atoms with Crippen LogP contribution in [0.15, 0.2) is 60.9 Å². The Labute approximate surface area is 182 Å². The van der Waals surface area contributed by atoms with Crippen LogP contribution < -0.4 is 9.47 Å². The number of hydrogen-bond acceptors (Lipinski definition) is 5. The molecular formula is C25H27N3O3. The van der Waals surface area contributed by atoms with E-state index >= 15 is 0 Å². The van der Waals surface area contributed by atoms with E-state index in [0.29, 0.717) is 12.3 Å². The predicted molar refractivity (Wildman–Crippen MR) is 119 cm³/mol.